The quantitative estimate of drug-likeness (QED) is 0.597. The number of aromatic amines is 1. The molecule has 0 aromatic carbocycles. The minimum absolute atomic E-state index is 0.00295. The number of piperidine rings is 1. The number of hydrogen-bond donors (Lipinski definition) is 1. The monoisotopic (exact) mass is 342 g/mol. The van der Waals surface area contributed by atoms with Crippen molar-refractivity contribution >= 4 is 23.6 Å². The Kier molecular flexibility index (Phi) is 6.26. The van der Waals surface area contributed by atoms with Crippen molar-refractivity contribution < 1.29 is 14.3 Å². The maximum absolute atomic E-state index is 12.3. The summed E-state index contributed by atoms with van der Waals surface area (Å²) in [6.07, 6.45) is 2.08. The average molecular weight is 342 g/mol. The molecule has 0 radical (unpaired) electrons. The van der Waals surface area contributed by atoms with Crippen LogP contribution < -0.4 is 5.69 Å². The minimum Gasteiger partial charge on any atom is -0.469 e. The summed E-state index contributed by atoms with van der Waals surface area (Å²) in [4.78, 5) is 37.1. The van der Waals surface area contributed by atoms with Gasteiger partial charge in [-0.05, 0) is 19.3 Å². The molecule has 1 saturated heterocycles. The zero-order valence-corrected chi connectivity index (χ0v) is 14.2. The molecule has 2 heterocycles. The van der Waals surface area contributed by atoms with Gasteiger partial charge in [-0.3, -0.25) is 14.2 Å². The third-order valence-electron chi connectivity index (χ3n) is 3.88. The van der Waals surface area contributed by atoms with Crippen molar-refractivity contribution in [3.05, 3.63) is 10.5 Å². The summed E-state index contributed by atoms with van der Waals surface area (Å²) in [6.45, 7) is 3.67. The summed E-state index contributed by atoms with van der Waals surface area (Å²) in [5, 5.41) is 6.90. The topological polar surface area (TPSA) is 97.3 Å². The lowest BCUT2D eigenvalue weighted by Crippen LogP contribution is -2.41. The zero-order valence-electron chi connectivity index (χ0n) is 13.4. The van der Waals surface area contributed by atoms with E-state index < -0.39 is 0 Å². The molecule has 1 aromatic heterocycles. The van der Waals surface area contributed by atoms with Crippen LogP contribution in [0.5, 0.6) is 0 Å². The highest BCUT2D eigenvalue weighted by molar-refractivity contribution is 7.99. The molecule has 1 fully saturated rings. The molecule has 1 amide bonds. The number of thioether (sulfide) groups is 1. The van der Waals surface area contributed by atoms with Gasteiger partial charge in [0.15, 0.2) is 5.16 Å². The van der Waals surface area contributed by atoms with Gasteiger partial charge in [-0.25, -0.2) is 9.89 Å². The molecule has 2 rings (SSSR count). The molecule has 23 heavy (non-hydrogen) atoms. The van der Waals surface area contributed by atoms with Crippen LogP contribution >= 0.6 is 11.8 Å². The van der Waals surface area contributed by atoms with Crippen LogP contribution in [0.15, 0.2) is 9.95 Å². The van der Waals surface area contributed by atoms with Gasteiger partial charge in [-0.1, -0.05) is 18.7 Å². The standard InChI is InChI=1S/C14H22N4O4S/c1-3-6-18-13(21)15-16-14(18)23-9-11(19)17-7-4-10(5-8-17)12(20)22-2/h10H,3-9H2,1-2H3,(H,15,21). The van der Waals surface area contributed by atoms with E-state index in [9.17, 15) is 14.4 Å². The highest BCUT2D eigenvalue weighted by Crippen LogP contribution is 2.20. The number of carbonyl (C=O) groups is 2. The van der Waals surface area contributed by atoms with Crippen LogP contribution in [0.2, 0.25) is 0 Å². The molecular formula is C14H22N4O4S. The van der Waals surface area contributed by atoms with Gasteiger partial charge >= 0.3 is 11.7 Å². The average Bonchev–Trinajstić information content (AvgIpc) is 2.93. The van der Waals surface area contributed by atoms with Gasteiger partial charge in [0.2, 0.25) is 5.91 Å². The predicted octanol–water partition coefficient (Wildman–Crippen LogP) is 0.485. The van der Waals surface area contributed by atoms with E-state index in [1.54, 1.807) is 9.47 Å². The van der Waals surface area contributed by atoms with Crippen molar-refractivity contribution in [1.82, 2.24) is 19.7 Å². The van der Waals surface area contributed by atoms with Crippen molar-refractivity contribution in [2.45, 2.75) is 37.9 Å². The maximum Gasteiger partial charge on any atom is 0.343 e. The first-order valence-electron chi connectivity index (χ1n) is 7.70. The van der Waals surface area contributed by atoms with Gasteiger partial charge in [0.1, 0.15) is 0 Å². The lowest BCUT2D eigenvalue weighted by molar-refractivity contribution is -0.148. The molecule has 0 atom stereocenters. The first-order chi connectivity index (χ1) is 11.1. The summed E-state index contributed by atoms with van der Waals surface area (Å²) >= 11 is 1.26. The van der Waals surface area contributed by atoms with Crippen LogP contribution in [0, 0.1) is 5.92 Å². The lowest BCUT2D eigenvalue weighted by atomic mass is 9.97. The third kappa shape index (κ3) is 4.37. The van der Waals surface area contributed by atoms with Crippen LogP contribution in [-0.4, -0.2) is 57.5 Å². The molecule has 0 saturated carbocycles. The van der Waals surface area contributed by atoms with Gasteiger partial charge in [0.25, 0.3) is 0 Å². The molecule has 0 bridgehead atoms. The first-order valence-corrected chi connectivity index (χ1v) is 8.69. The summed E-state index contributed by atoms with van der Waals surface area (Å²) in [5.74, 6) is -0.0853. The molecule has 1 N–H and O–H groups in total. The Labute approximate surface area is 138 Å². The molecule has 1 aromatic rings. The van der Waals surface area contributed by atoms with Gasteiger partial charge < -0.3 is 9.64 Å². The van der Waals surface area contributed by atoms with Gasteiger partial charge in [0.05, 0.1) is 18.8 Å². The van der Waals surface area contributed by atoms with Crippen LogP contribution in [0.3, 0.4) is 0 Å². The molecule has 0 aliphatic carbocycles. The SMILES string of the molecule is CCCn1c(SCC(=O)N2CCC(C(=O)OC)CC2)n[nH]c1=O. The Morgan fingerprint density at radius 1 is 1.39 bits per heavy atom. The highest BCUT2D eigenvalue weighted by atomic mass is 32.2. The second-order valence-electron chi connectivity index (χ2n) is 5.43. The number of H-pyrrole nitrogens is 1. The second-order valence-corrected chi connectivity index (χ2v) is 6.37. The normalized spacial score (nSPS) is 15.7. The number of nitrogens with zero attached hydrogens (tertiary/aromatic N) is 3. The molecule has 0 spiro atoms. The van der Waals surface area contributed by atoms with Crippen molar-refractivity contribution in [2.24, 2.45) is 5.92 Å². The van der Waals surface area contributed by atoms with E-state index in [0.717, 1.165) is 6.42 Å². The van der Waals surface area contributed by atoms with E-state index in [0.29, 0.717) is 37.6 Å². The number of hydrogen-bond acceptors (Lipinski definition) is 6. The predicted molar refractivity (Wildman–Crippen MR) is 85.2 cm³/mol. The number of aromatic nitrogens is 3. The molecule has 9 heteroatoms. The molecular weight excluding hydrogens is 320 g/mol. The summed E-state index contributed by atoms with van der Waals surface area (Å²) in [7, 11) is 1.39. The van der Waals surface area contributed by atoms with Crippen molar-refractivity contribution in [3.8, 4) is 0 Å². The molecule has 1 aliphatic heterocycles. The fourth-order valence-electron chi connectivity index (χ4n) is 2.58. The Morgan fingerprint density at radius 2 is 2.09 bits per heavy atom. The largest absolute Gasteiger partial charge is 0.469 e. The van der Waals surface area contributed by atoms with E-state index in [2.05, 4.69) is 10.2 Å². The van der Waals surface area contributed by atoms with E-state index in [1.165, 1.54) is 18.9 Å². The Hall–Kier alpha value is -1.77. The van der Waals surface area contributed by atoms with Crippen molar-refractivity contribution in [2.75, 3.05) is 26.0 Å². The molecule has 1 aliphatic rings. The number of carbonyl (C=O) groups excluding carboxylic acids is 2. The fraction of sp³-hybridized carbons (Fsp3) is 0.714. The van der Waals surface area contributed by atoms with Gasteiger partial charge in [0, 0.05) is 19.6 Å². The van der Waals surface area contributed by atoms with Crippen LogP contribution in [-0.2, 0) is 20.9 Å². The van der Waals surface area contributed by atoms with Crippen molar-refractivity contribution in [1.29, 1.82) is 0 Å². The number of methoxy groups -OCH3 is 1. The van der Waals surface area contributed by atoms with Crippen LogP contribution in [0.4, 0.5) is 0 Å². The van der Waals surface area contributed by atoms with Crippen LogP contribution in [0.25, 0.3) is 0 Å². The van der Waals surface area contributed by atoms with E-state index >= 15 is 0 Å². The number of amides is 1. The zero-order chi connectivity index (χ0) is 16.8. The van der Waals surface area contributed by atoms with E-state index in [1.807, 2.05) is 6.92 Å². The van der Waals surface area contributed by atoms with E-state index in [4.69, 9.17) is 4.74 Å². The summed E-state index contributed by atoms with van der Waals surface area (Å²) < 4.78 is 6.28. The third-order valence-corrected chi connectivity index (χ3v) is 4.84. The summed E-state index contributed by atoms with van der Waals surface area (Å²) in [6, 6.07) is 0. The lowest BCUT2D eigenvalue weighted by Gasteiger charge is -2.30. The van der Waals surface area contributed by atoms with Gasteiger partial charge in [-0.2, -0.15) is 0 Å². The molecule has 128 valence electrons. The number of likely N-dealkylation sites (tertiary alicyclic amines) is 1. The number of ether oxygens (including phenoxy) is 1. The molecule has 0 unspecified atom stereocenters. The van der Waals surface area contributed by atoms with E-state index in [-0.39, 0.29) is 29.2 Å². The molecule has 8 nitrogen and oxygen atoms in total. The first kappa shape index (κ1) is 17.6. The van der Waals surface area contributed by atoms with Gasteiger partial charge in [-0.15, -0.1) is 5.10 Å². The van der Waals surface area contributed by atoms with Crippen LogP contribution in [0.1, 0.15) is 26.2 Å². The number of nitrogens with one attached hydrogen (secondary N) is 1. The minimum atomic E-state index is -0.249. The number of esters is 1. The Morgan fingerprint density at radius 3 is 2.70 bits per heavy atom. The highest BCUT2D eigenvalue weighted by Gasteiger charge is 2.28. The maximum atomic E-state index is 12.3. The van der Waals surface area contributed by atoms with Crippen molar-refractivity contribution in [3.63, 3.8) is 0 Å². The summed E-state index contributed by atoms with van der Waals surface area (Å²) in [5.41, 5.74) is -0.249. The second kappa shape index (κ2) is 8.19. The number of rotatable bonds is 6. The fourth-order valence-corrected chi connectivity index (χ4v) is 3.46. The smallest absolute Gasteiger partial charge is 0.343 e. The Balaban J connectivity index is 1.84. The Bertz CT molecular complexity index is 604.